The lowest BCUT2D eigenvalue weighted by molar-refractivity contribution is -0.0177. The lowest BCUT2D eigenvalue weighted by atomic mass is 9.75. The fraction of sp³-hybridized carbons (Fsp3) is 1.00. The molecule has 2 heteroatoms. The normalized spacial score (nSPS) is 32.2. The van der Waals surface area contributed by atoms with Crippen molar-refractivity contribution in [3.63, 3.8) is 0 Å². The van der Waals surface area contributed by atoms with Crippen LogP contribution in [0.25, 0.3) is 0 Å². The van der Waals surface area contributed by atoms with E-state index >= 15 is 0 Å². The molecule has 0 heterocycles. The van der Waals surface area contributed by atoms with Gasteiger partial charge in [0.25, 0.3) is 0 Å². The van der Waals surface area contributed by atoms with Gasteiger partial charge >= 0.3 is 0 Å². The van der Waals surface area contributed by atoms with Gasteiger partial charge in [-0.15, -0.1) is 0 Å². The standard InChI is InChI=1S/C13H27NO/c1-4-14-10-13(15)7-5-6-12(9-13)8-11(2)3/h11-12,14-15H,4-10H2,1-3H3. The minimum Gasteiger partial charge on any atom is -0.389 e. The Labute approximate surface area is 94.5 Å². The first-order valence-corrected chi connectivity index (χ1v) is 6.49. The van der Waals surface area contributed by atoms with Crippen LogP contribution in [0.4, 0.5) is 0 Å². The van der Waals surface area contributed by atoms with Gasteiger partial charge in [0.2, 0.25) is 0 Å². The maximum absolute atomic E-state index is 10.4. The molecule has 1 rings (SSSR count). The summed E-state index contributed by atoms with van der Waals surface area (Å²) in [6.07, 6.45) is 5.76. The first-order chi connectivity index (χ1) is 7.06. The summed E-state index contributed by atoms with van der Waals surface area (Å²) in [4.78, 5) is 0. The third-order valence-corrected chi connectivity index (χ3v) is 3.43. The van der Waals surface area contributed by atoms with E-state index < -0.39 is 5.60 Å². The van der Waals surface area contributed by atoms with E-state index in [1.165, 1.54) is 19.3 Å². The van der Waals surface area contributed by atoms with E-state index in [1.807, 2.05) is 0 Å². The molecular formula is C13H27NO. The van der Waals surface area contributed by atoms with Crippen LogP contribution in [-0.4, -0.2) is 23.8 Å². The van der Waals surface area contributed by atoms with Crippen molar-refractivity contribution in [2.75, 3.05) is 13.1 Å². The van der Waals surface area contributed by atoms with E-state index in [0.29, 0.717) is 0 Å². The molecule has 1 saturated carbocycles. The second-order valence-corrected chi connectivity index (χ2v) is 5.60. The van der Waals surface area contributed by atoms with Crippen molar-refractivity contribution in [1.29, 1.82) is 0 Å². The minimum absolute atomic E-state index is 0.423. The van der Waals surface area contributed by atoms with Crippen molar-refractivity contribution < 1.29 is 5.11 Å². The van der Waals surface area contributed by atoms with E-state index in [1.54, 1.807) is 0 Å². The molecular weight excluding hydrogens is 186 g/mol. The minimum atomic E-state index is -0.423. The molecule has 2 N–H and O–H groups in total. The van der Waals surface area contributed by atoms with Gasteiger partial charge in [0.15, 0.2) is 0 Å². The van der Waals surface area contributed by atoms with Gasteiger partial charge in [-0.05, 0) is 37.6 Å². The molecule has 0 amide bonds. The van der Waals surface area contributed by atoms with E-state index in [-0.39, 0.29) is 0 Å². The van der Waals surface area contributed by atoms with Crippen molar-refractivity contribution >= 4 is 0 Å². The summed E-state index contributed by atoms with van der Waals surface area (Å²) in [5.41, 5.74) is -0.423. The highest BCUT2D eigenvalue weighted by molar-refractivity contribution is 4.88. The summed E-state index contributed by atoms with van der Waals surface area (Å²) in [5, 5.41) is 13.7. The fourth-order valence-electron chi connectivity index (χ4n) is 2.85. The number of likely N-dealkylation sites (N-methyl/N-ethyl adjacent to an activating group) is 1. The highest BCUT2D eigenvalue weighted by Crippen LogP contribution is 2.35. The molecule has 0 saturated heterocycles. The third kappa shape index (κ3) is 4.52. The Morgan fingerprint density at radius 1 is 1.47 bits per heavy atom. The first kappa shape index (κ1) is 13.0. The molecule has 0 spiro atoms. The van der Waals surface area contributed by atoms with Gasteiger partial charge in [0.1, 0.15) is 0 Å². The van der Waals surface area contributed by atoms with Crippen LogP contribution < -0.4 is 5.32 Å². The predicted molar refractivity (Wildman–Crippen MR) is 64.9 cm³/mol. The number of hydrogen-bond donors (Lipinski definition) is 2. The third-order valence-electron chi connectivity index (χ3n) is 3.43. The van der Waals surface area contributed by atoms with Crippen LogP contribution in [0.2, 0.25) is 0 Å². The van der Waals surface area contributed by atoms with Gasteiger partial charge < -0.3 is 10.4 Å². The van der Waals surface area contributed by atoms with Crippen LogP contribution in [0, 0.1) is 11.8 Å². The maximum atomic E-state index is 10.4. The van der Waals surface area contributed by atoms with Crippen LogP contribution in [-0.2, 0) is 0 Å². The van der Waals surface area contributed by atoms with Gasteiger partial charge in [-0.2, -0.15) is 0 Å². The molecule has 0 aromatic heterocycles. The van der Waals surface area contributed by atoms with E-state index in [0.717, 1.165) is 37.8 Å². The number of aliphatic hydroxyl groups is 1. The Morgan fingerprint density at radius 2 is 2.20 bits per heavy atom. The van der Waals surface area contributed by atoms with Gasteiger partial charge in [-0.3, -0.25) is 0 Å². The zero-order chi connectivity index (χ0) is 11.3. The molecule has 0 aromatic carbocycles. The van der Waals surface area contributed by atoms with Gasteiger partial charge in [-0.1, -0.05) is 33.6 Å². The highest BCUT2D eigenvalue weighted by atomic mass is 16.3. The van der Waals surface area contributed by atoms with Crippen molar-refractivity contribution in [3.8, 4) is 0 Å². The van der Waals surface area contributed by atoms with Crippen molar-refractivity contribution in [2.24, 2.45) is 11.8 Å². The molecule has 0 aromatic rings. The predicted octanol–water partition coefficient (Wildman–Crippen LogP) is 2.56. The van der Waals surface area contributed by atoms with E-state index in [9.17, 15) is 5.11 Å². The topological polar surface area (TPSA) is 32.3 Å². The fourth-order valence-corrected chi connectivity index (χ4v) is 2.85. The molecule has 1 fully saturated rings. The van der Waals surface area contributed by atoms with Crippen molar-refractivity contribution in [2.45, 2.75) is 58.5 Å². The van der Waals surface area contributed by atoms with Crippen LogP contribution in [0.5, 0.6) is 0 Å². The molecule has 0 bridgehead atoms. The smallest absolute Gasteiger partial charge is 0.0774 e. The Balaban J connectivity index is 2.39. The molecule has 2 atom stereocenters. The van der Waals surface area contributed by atoms with Crippen LogP contribution in [0.15, 0.2) is 0 Å². The largest absolute Gasteiger partial charge is 0.389 e. The quantitative estimate of drug-likeness (QED) is 0.735. The van der Waals surface area contributed by atoms with Crippen LogP contribution in [0.1, 0.15) is 52.9 Å². The summed E-state index contributed by atoms with van der Waals surface area (Å²) in [6.45, 7) is 8.38. The second-order valence-electron chi connectivity index (χ2n) is 5.60. The Bertz CT molecular complexity index is 181. The Morgan fingerprint density at radius 3 is 2.80 bits per heavy atom. The zero-order valence-corrected chi connectivity index (χ0v) is 10.6. The number of nitrogens with one attached hydrogen (secondary N) is 1. The Hall–Kier alpha value is -0.0800. The first-order valence-electron chi connectivity index (χ1n) is 6.49. The molecule has 0 aliphatic heterocycles. The molecule has 1 aliphatic rings. The SMILES string of the molecule is CCNCC1(O)CCCC(CC(C)C)C1. The van der Waals surface area contributed by atoms with E-state index in [2.05, 4.69) is 26.1 Å². The van der Waals surface area contributed by atoms with Gasteiger partial charge in [-0.25, -0.2) is 0 Å². The molecule has 90 valence electrons. The second kappa shape index (κ2) is 5.86. The molecule has 2 unspecified atom stereocenters. The molecule has 1 aliphatic carbocycles. The molecule has 0 radical (unpaired) electrons. The lowest BCUT2D eigenvalue weighted by Crippen LogP contribution is -2.44. The molecule has 2 nitrogen and oxygen atoms in total. The summed E-state index contributed by atoms with van der Waals surface area (Å²) >= 11 is 0. The maximum Gasteiger partial charge on any atom is 0.0774 e. The summed E-state index contributed by atoms with van der Waals surface area (Å²) in [6, 6.07) is 0. The average molecular weight is 213 g/mol. The monoisotopic (exact) mass is 213 g/mol. The van der Waals surface area contributed by atoms with Crippen LogP contribution in [0.3, 0.4) is 0 Å². The number of hydrogen-bond acceptors (Lipinski definition) is 2. The van der Waals surface area contributed by atoms with E-state index in [4.69, 9.17) is 0 Å². The van der Waals surface area contributed by atoms with Crippen LogP contribution >= 0.6 is 0 Å². The zero-order valence-electron chi connectivity index (χ0n) is 10.6. The summed E-state index contributed by atoms with van der Waals surface area (Å²) in [7, 11) is 0. The van der Waals surface area contributed by atoms with Gasteiger partial charge in [0.05, 0.1) is 5.60 Å². The highest BCUT2D eigenvalue weighted by Gasteiger charge is 2.33. The van der Waals surface area contributed by atoms with Crippen molar-refractivity contribution in [1.82, 2.24) is 5.32 Å². The van der Waals surface area contributed by atoms with Gasteiger partial charge in [0, 0.05) is 6.54 Å². The Kier molecular flexibility index (Phi) is 5.07. The van der Waals surface area contributed by atoms with Crippen molar-refractivity contribution in [3.05, 3.63) is 0 Å². The average Bonchev–Trinajstić information content (AvgIpc) is 2.14. The lowest BCUT2D eigenvalue weighted by Gasteiger charge is -2.37. The summed E-state index contributed by atoms with van der Waals surface area (Å²) < 4.78 is 0. The number of rotatable bonds is 5. The molecule has 15 heavy (non-hydrogen) atoms. The summed E-state index contributed by atoms with van der Waals surface area (Å²) in [5.74, 6) is 1.50.